The van der Waals surface area contributed by atoms with Crippen molar-refractivity contribution in [2.75, 3.05) is 18.1 Å². The van der Waals surface area contributed by atoms with Crippen molar-refractivity contribution in [2.24, 2.45) is 4.99 Å². The summed E-state index contributed by atoms with van der Waals surface area (Å²) >= 11 is 6.14. The number of halogens is 1. The van der Waals surface area contributed by atoms with Crippen molar-refractivity contribution in [3.05, 3.63) is 52.2 Å². The quantitative estimate of drug-likeness (QED) is 0.346. The highest BCUT2D eigenvalue weighted by Gasteiger charge is 2.27. The Morgan fingerprint density at radius 3 is 2.24 bits per heavy atom. The second-order valence-electron chi connectivity index (χ2n) is 9.29. The van der Waals surface area contributed by atoms with Gasteiger partial charge in [-0.1, -0.05) is 30.7 Å². The highest BCUT2D eigenvalue weighted by molar-refractivity contribution is 6.30. The number of aromatic nitrogens is 1. The third-order valence-corrected chi connectivity index (χ3v) is 5.83. The topological polar surface area (TPSA) is 78.1 Å². The lowest BCUT2D eigenvalue weighted by Gasteiger charge is -2.33. The number of carbonyl (C=O) groups is 1. The Morgan fingerprint density at radius 2 is 1.74 bits per heavy atom. The Morgan fingerprint density at radius 1 is 1.18 bits per heavy atom. The van der Waals surface area contributed by atoms with Crippen LogP contribution in [0.25, 0.3) is 22.0 Å². The van der Waals surface area contributed by atoms with Crippen molar-refractivity contribution < 1.29 is 15.0 Å². The van der Waals surface area contributed by atoms with E-state index in [4.69, 9.17) is 26.6 Å². The molecule has 0 spiro atoms. The summed E-state index contributed by atoms with van der Waals surface area (Å²) in [6.45, 7) is 18.0. The van der Waals surface area contributed by atoms with Crippen molar-refractivity contribution in [1.82, 2.24) is 4.57 Å². The second-order valence-corrected chi connectivity index (χ2v) is 9.73. The van der Waals surface area contributed by atoms with Gasteiger partial charge in [-0.15, -0.1) is 0 Å². The minimum Gasteiger partial charge on any atom is -0.483 e. The summed E-state index contributed by atoms with van der Waals surface area (Å²) in [6.07, 6.45) is 0.992. The smallest absolute Gasteiger partial charge is 0.290 e. The zero-order chi connectivity index (χ0) is 25.6. The lowest BCUT2D eigenvalue weighted by atomic mass is 9.89. The minimum atomic E-state index is -0.500. The minimum absolute atomic E-state index is 0.250. The molecule has 1 aliphatic heterocycles. The number of aliphatic imine (C=N–C) groups is 1. The SMILES string of the molecule is C=NCN1CCn2c(C)cc3c(-c4ccc(Cl)cc4)c(CC)c(C)c1c32.CC(C)(C)O.O=CO. The van der Waals surface area contributed by atoms with Gasteiger partial charge >= 0.3 is 0 Å². The number of aryl methyl sites for hydroxylation is 1. The van der Waals surface area contributed by atoms with Crippen LogP contribution >= 0.6 is 11.6 Å². The maximum Gasteiger partial charge on any atom is 0.290 e. The highest BCUT2D eigenvalue weighted by Crippen LogP contribution is 2.44. The molecule has 3 aromatic rings. The van der Waals surface area contributed by atoms with Gasteiger partial charge in [-0.3, -0.25) is 9.79 Å². The Balaban J connectivity index is 0.000000447. The molecule has 0 amide bonds. The molecule has 2 N–H and O–H groups in total. The number of anilines is 1. The summed E-state index contributed by atoms with van der Waals surface area (Å²) in [5, 5.41) is 17.5. The van der Waals surface area contributed by atoms with Crippen LogP contribution in [0.15, 0.2) is 35.3 Å². The summed E-state index contributed by atoms with van der Waals surface area (Å²) in [4.78, 5) is 14.9. The van der Waals surface area contributed by atoms with Crippen LogP contribution in [0.1, 0.15) is 44.5 Å². The van der Waals surface area contributed by atoms with Crippen LogP contribution in [0, 0.1) is 13.8 Å². The lowest BCUT2D eigenvalue weighted by Crippen LogP contribution is -2.32. The number of hydrogen-bond donors (Lipinski definition) is 2. The molecule has 1 aliphatic rings. The average molecular weight is 486 g/mol. The standard InChI is InChI=1S/C22H24ClN3.C4H10O.CH2O2/c1-5-18-15(3)21-22-19(20(18)16-6-8-17(23)9-7-16)12-14(2)26(22)11-10-25(21)13-24-4;1-4(2,3)5;2-1-3/h6-9,12H,4-5,10-11,13H2,1-3H3;5H,1-3H3;1H,(H,2,3). The summed E-state index contributed by atoms with van der Waals surface area (Å²) in [5.74, 6) is 0. The lowest BCUT2D eigenvalue weighted by molar-refractivity contribution is -0.122. The fourth-order valence-corrected chi connectivity index (χ4v) is 4.58. The van der Waals surface area contributed by atoms with Gasteiger partial charge in [-0.2, -0.15) is 0 Å². The zero-order valence-corrected chi connectivity index (χ0v) is 21.8. The molecule has 0 aliphatic carbocycles. The van der Waals surface area contributed by atoms with Gasteiger partial charge in [-0.05, 0) is 88.2 Å². The van der Waals surface area contributed by atoms with E-state index in [0.29, 0.717) is 6.67 Å². The monoisotopic (exact) mass is 485 g/mol. The molecule has 0 atom stereocenters. The van der Waals surface area contributed by atoms with E-state index in [1.54, 1.807) is 20.8 Å². The van der Waals surface area contributed by atoms with Crippen LogP contribution in [0.3, 0.4) is 0 Å². The molecule has 0 bridgehead atoms. The van der Waals surface area contributed by atoms with Crippen molar-refractivity contribution in [2.45, 2.75) is 60.1 Å². The Labute approximate surface area is 207 Å². The number of benzene rings is 2. The molecule has 0 saturated heterocycles. The van der Waals surface area contributed by atoms with Gasteiger partial charge in [0.05, 0.1) is 16.8 Å². The molecule has 6 nitrogen and oxygen atoms in total. The van der Waals surface area contributed by atoms with Crippen molar-refractivity contribution in [1.29, 1.82) is 0 Å². The molecule has 0 saturated carbocycles. The van der Waals surface area contributed by atoms with E-state index in [2.05, 4.69) is 60.1 Å². The fourth-order valence-electron chi connectivity index (χ4n) is 4.45. The first-order valence-corrected chi connectivity index (χ1v) is 11.7. The molecule has 2 heterocycles. The summed E-state index contributed by atoms with van der Waals surface area (Å²) in [5.41, 5.74) is 8.80. The van der Waals surface area contributed by atoms with Crippen LogP contribution in [0.4, 0.5) is 5.69 Å². The van der Waals surface area contributed by atoms with Gasteiger partial charge in [0.25, 0.3) is 6.47 Å². The normalized spacial score (nSPS) is 12.4. The Bertz CT molecular complexity index is 1140. The van der Waals surface area contributed by atoms with Gasteiger partial charge in [-0.25, -0.2) is 0 Å². The number of rotatable bonds is 4. The molecule has 7 heteroatoms. The fraction of sp³-hybridized carbons (Fsp3) is 0.407. The van der Waals surface area contributed by atoms with Crippen LogP contribution in [-0.4, -0.2) is 46.8 Å². The molecular formula is C27H36ClN3O3. The maximum absolute atomic E-state index is 8.52. The largest absolute Gasteiger partial charge is 0.483 e. The number of aliphatic hydroxyl groups is 1. The van der Waals surface area contributed by atoms with E-state index in [1.165, 1.54) is 44.5 Å². The second kappa shape index (κ2) is 11.5. The van der Waals surface area contributed by atoms with E-state index >= 15 is 0 Å². The van der Waals surface area contributed by atoms with E-state index in [1.807, 2.05) is 12.1 Å². The van der Waals surface area contributed by atoms with Gasteiger partial charge in [0, 0.05) is 29.2 Å². The first-order valence-electron chi connectivity index (χ1n) is 11.4. The summed E-state index contributed by atoms with van der Waals surface area (Å²) in [6, 6.07) is 10.6. The number of hydrogen-bond acceptors (Lipinski definition) is 4. The third kappa shape index (κ3) is 6.19. The van der Waals surface area contributed by atoms with Crippen LogP contribution in [-0.2, 0) is 17.8 Å². The maximum atomic E-state index is 8.52. The van der Waals surface area contributed by atoms with Gasteiger partial charge in [0.2, 0.25) is 0 Å². The van der Waals surface area contributed by atoms with Crippen LogP contribution in [0.5, 0.6) is 0 Å². The van der Waals surface area contributed by atoms with Gasteiger partial charge in [0.1, 0.15) is 6.67 Å². The highest BCUT2D eigenvalue weighted by atomic mass is 35.5. The molecule has 34 heavy (non-hydrogen) atoms. The molecule has 0 radical (unpaired) electrons. The molecular weight excluding hydrogens is 450 g/mol. The molecule has 4 rings (SSSR count). The van der Waals surface area contributed by atoms with Gasteiger partial charge in [0.15, 0.2) is 0 Å². The van der Waals surface area contributed by atoms with Crippen molar-refractivity contribution in [3.63, 3.8) is 0 Å². The number of nitrogens with zero attached hydrogens (tertiary/aromatic N) is 3. The molecule has 1 aromatic heterocycles. The average Bonchev–Trinajstić information content (AvgIpc) is 3.08. The van der Waals surface area contributed by atoms with E-state index < -0.39 is 5.60 Å². The number of carboxylic acid groups (broad SMARTS) is 1. The first-order chi connectivity index (χ1) is 16.0. The van der Waals surface area contributed by atoms with Crippen LogP contribution in [0.2, 0.25) is 5.02 Å². The predicted octanol–water partition coefficient (Wildman–Crippen LogP) is 6.10. The van der Waals surface area contributed by atoms with Crippen LogP contribution < -0.4 is 4.90 Å². The molecule has 0 fully saturated rings. The third-order valence-electron chi connectivity index (χ3n) is 5.57. The van der Waals surface area contributed by atoms with E-state index in [0.717, 1.165) is 24.5 Å². The predicted molar refractivity (Wildman–Crippen MR) is 144 cm³/mol. The molecule has 0 unspecified atom stereocenters. The molecule has 2 aromatic carbocycles. The van der Waals surface area contributed by atoms with Crippen molar-refractivity contribution in [3.8, 4) is 11.1 Å². The van der Waals surface area contributed by atoms with E-state index in [-0.39, 0.29) is 6.47 Å². The first kappa shape index (κ1) is 27.4. The van der Waals surface area contributed by atoms with Crippen molar-refractivity contribution >= 4 is 41.4 Å². The summed E-state index contributed by atoms with van der Waals surface area (Å²) in [7, 11) is 0. The zero-order valence-electron chi connectivity index (χ0n) is 21.0. The van der Waals surface area contributed by atoms with Gasteiger partial charge < -0.3 is 19.7 Å². The van der Waals surface area contributed by atoms with E-state index in [9.17, 15) is 0 Å². The Hall–Kier alpha value is -2.83. The molecule has 184 valence electrons. The Kier molecular flexibility index (Phi) is 9.30. The summed E-state index contributed by atoms with van der Waals surface area (Å²) < 4.78 is 2.45.